The number of hydrogen-bond donors (Lipinski definition) is 1. The Morgan fingerprint density at radius 3 is 1.53 bits per heavy atom. The summed E-state index contributed by atoms with van der Waals surface area (Å²) in [6.07, 6.45) is 2.02. The van der Waals surface area contributed by atoms with Crippen LogP contribution in [0, 0.1) is 0 Å². The molecule has 0 aromatic heterocycles. The van der Waals surface area contributed by atoms with Gasteiger partial charge in [-0.3, -0.25) is 0 Å². The highest BCUT2D eigenvalue weighted by molar-refractivity contribution is 7.93. The maximum absolute atomic E-state index is 11.3. The van der Waals surface area contributed by atoms with E-state index in [1.807, 2.05) is 0 Å². The van der Waals surface area contributed by atoms with Crippen molar-refractivity contribution in [1.82, 2.24) is 0 Å². The van der Waals surface area contributed by atoms with Crippen LogP contribution >= 0.6 is 12.6 Å². The van der Waals surface area contributed by atoms with Gasteiger partial charge in [0.1, 0.15) is 0 Å². The first kappa shape index (κ1) is 12.5. The molecule has 0 saturated carbocycles. The lowest BCUT2D eigenvalue weighted by molar-refractivity contribution is 0.595. The van der Waals surface area contributed by atoms with Crippen molar-refractivity contribution in [1.29, 1.82) is 0 Å². The summed E-state index contributed by atoms with van der Waals surface area (Å²) in [5.74, 6) is 0. The number of benzene rings is 1. The van der Waals surface area contributed by atoms with Gasteiger partial charge in [0.05, 0.1) is 9.79 Å². The Balaban J connectivity index is 3.65. The van der Waals surface area contributed by atoms with E-state index >= 15 is 0 Å². The SMILES string of the molecule is CS(=O)(=O)c1cccc(S(C)(=O)=O)c1S. The summed E-state index contributed by atoms with van der Waals surface area (Å²) in [7, 11) is -6.91. The van der Waals surface area contributed by atoms with Crippen LogP contribution in [-0.2, 0) is 19.7 Å². The molecule has 0 atom stereocenters. The van der Waals surface area contributed by atoms with E-state index in [1.165, 1.54) is 18.2 Å². The first-order chi connectivity index (χ1) is 6.64. The predicted octanol–water partition coefficient (Wildman–Crippen LogP) is 0.782. The van der Waals surface area contributed by atoms with E-state index in [1.54, 1.807) is 0 Å². The summed E-state index contributed by atoms with van der Waals surface area (Å²) >= 11 is 3.94. The summed E-state index contributed by atoms with van der Waals surface area (Å²) in [4.78, 5) is -0.176. The van der Waals surface area contributed by atoms with Crippen LogP contribution in [0.25, 0.3) is 0 Å². The van der Waals surface area contributed by atoms with E-state index in [4.69, 9.17) is 0 Å². The van der Waals surface area contributed by atoms with Gasteiger partial charge in [-0.2, -0.15) is 0 Å². The van der Waals surface area contributed by atoms with Gasteiger partial charge in [-0.15, -0.1) is 12.6 Å². The Hall–Kier alpha value is -0.530. The zero-order valence-electron chi connectivity index (χ0n) is 8.13. The topological polar surface area (TPSA) is 68.3 Å². The van der Waals surface area contributed by atoms with Crippen LogP contribution in [-0.4, -0.2) is 29.3 Å². The standard InChI is InChI=1S/C8H10O4S3/c1-14(9,10)6-4-3-5-7(8(6)13)15(2,11)12/h3-5,13H,1-2H3. The average molecular weight is 266 g/mol. The molecule has 0 aliphatic heterocycles. The summed E-state index contributed by atoms with van der Waals surface area (Å²) < 4.78 is 45.2. The predicted molar refractivity (Wildman–Crippen MR) is 59.9 cm³/mol. The maximum atomic E-state index is 11.3. The van der Waals surface area contributed by atoms with Crippen LogP contribution in [0.1, 0.15) is 0 Å². The van der Waals surface area contributed by atoms with Crippen LogP contribution in [0.4, 0.5) is 0 Å². The molecule has 0 spiro atoms. The molecule has 1 aromatic carbocycles. The molecule has 0 unspecified atom stereocenters. The highest BCUT2D eigenvalue weighted by atomic mass is 32.2. The van der Waals surface area contributed by atoms with E-state index in [-0.39, 0.29) is 14.7 Å². The highest BCUT2D eigenvalue weighted by Gasteiger charge is 2.18. The van der Waals surface area contributed by atoms with Gasteiger partial charge in [0.25, 0.3) is 0 Å². The molecule has 4 nitrogen and oxygen atoms in total. The molecule has 1 rings (SSSR count). The molecular weight excluding hydrogens is 256 g/mol. The van der Waals surface area contributed by atoms with Gasteiger partial charge in [-0.1, -0.05) is 6.07 Å². The molecule has 0 saturated heterocycles. The van der Waals surface area contributed by atoms with Crippen molar-refractivity contribution >= 4 is 32.3 Å². The summed E-state index contributed by atoms with van der Waals surface area (Å²) in [6.45, 7) is 0. The largest absolute Gasteiger partial charge is 0.224 e. The smallest absolute Gasteiger partial charge is 0.176 e. The average Bonchev–Trinajstić information content (AvgIpc) is 1.99. The molecule has 0 N–H and O–H groups in total. The Morgan fingerprint density at radius 1 is 0.933 bits per heavy atom. The molecule has 0 aliphatic rings. The van der Waals surface area contributed by atoms with Crippen LogP contribution in [0.5, 0.6) is 0 Å². The molecule has 7 heteroatoms. The normalized spacial score (nSPS) is 12.7. The van der Waals surface area contributed by atoms with Crippen LogP contribution in [0.15, 0.2) is 32.9 Å². The zero-order valence-corrected chi connectivity index (χ0v) is 10.7. The van der Waals surface area contributed by atoms with Crippen molar-refractivity contribution in [3.05, 3.63) is 18.2 Å². The Bertz CT molecular complexity index is 534. The van der Waals surface area contributed by atoms with Gasteiger partial charge in [0, 0.05) is 17.4 Å². The van der Waals surface area contributed by atoms with E-state index in [9.17, 15) is 16.8 Å². The number of hydrogen-bond acceptors (Lipinski definition) is 5. The fourth-order valence-corrected chi connectivity index (χ4v) is 3.88. The molecule has 1 aromatic rings. The maximum Gasteiger partial charge on any atom is 0.176 e. The van der Waals surface area contributed by atoms with Crippen LogP contribution < -0.4 is 0 Å². The minimum Gasteiger partial charge on any atom is -0.224 e. The van der Waals surface area contributed by atoms with Crippen molar-refractivity contribution < 1.29 is 16.8 Å². The molecular formula is C8H10O4S3. The molecule has 0 fully saturated rings. The summed E-state index contributed by atoms with van der Waals surface area (Å²) in [6, 6.07) is 4.03. The van der Waals surface area contributed by atoms with E-state index < -0.39 is 19.7 Å². The minimum absolute atomic E-state index is 0.0255. The molecule has 0 amide bonds. The molecule has 0 heterocycles. The lowest BCUT2D eigenvalue weighted by Gasteiger charge is -2.06. The van der Waals surface area contributed by atoms with Gasteiger partial charge in [0.2, 0.25) is 0 Å². The van der Waals surface area contributed by atoms with E-state index in [2.05, 4.69) is 12.6 Å². The second-order valence-corrected chi connectivity index (χ2v) is 7.56. The quantitative estimate of drug-likeness (QED) is 0.803. The first-order valence-corrected chi connectivity index (χ1v) is 8.09. The van der Waals surface area contributed by atoms with Crippen molar-refractivity contribution in [2.24, 2.45) is 0 Å². The van der Waals surface area contributed by atoms with Gasteiger partial charge in [-0.25, -0.2) is 16.8 Å². The number of rotatable bonds is 2. The van der Waals surface area contributed by atoms with Gasteiger partial charge in [0.15, 0.2) is 19.7 Å². The second-order valence-electron chi connectivity index (χ2n) is 3.15. The Labute approximate surface area is 94.6 Å². The van der Waals surface area contributed by atoms with E-state index in [0.717, 1.165) is 12.5 Å². The molecule has 0 bridgehead atoms. The van der Waals surface area contributed by atoms with Gasteiger partial charge >= 0.3 is 0 Å². The van der Waals surface area contributed by atoms with Crippen molar-refractivity contribution in [3.8, 4) is 0 Å². The fourth-order valence-electron chi connectivity index (χ4n) is 1.10. The number of thiol groups is 1. The summed E-state index contributed by atoms with van der Waals surface area (Å²) in [5.41, 5.74) is 0. The lowest BCUT2D eigenvalue weighted by Crippen LogP contribution is -2.04. The minimum atomic E-state index is -3.46. The van der Waals surface area contributed by atoms with Gasteiger partial charge in [-0.05, 0) is 12.1 Å². The van der Waals surface area contributed by atoms with Crippen molar-refractivity contribution in [2.45, 2.75) is 14.7 Å². The molecule has 15 heavy (non-hydrogen) atoms. The first-order valence-electron chi connectivity index (χ1n) is 3.86. The third kappa shape index (κ3) is 2.73. The second kappa shape index (κ2) is 3.80. The third-order valence-corrected chi connectivity index (χ3v) is 4.82. The third-order valence-electron chi connectivity index (χ3n) is 1.76. The monoisotopic (exact) mass is 266 g/mol. The molecule has 0 radical (unpaired) electrons. The van der Waals surface area contributed by atoms with Crippen molar-refractivity contribution in [2.75, 3.05) is 12.5 Å². The van der Waals surface area contributed by atoms with Crippen LogP contribution in [0.2, 0.25) is 0 Å². The van der Waals surface area contributed by atoms with Gasteiger partial charge < -0.3 is 0 Å². The molecule has 0 aliphatic carbocycles. The highest BCUT2D eigenvalue weighted by Crippen LogP contribution is 2.26. The fraction of sp³-hybridized carbons (Fsp3) is 0.250. The van der Waals surface area contributed by atoms with E-state index in [0.29, 0.717) is 0 Å². The Morgan fingerprint density at radius 2 is 1.27 bits per heavy atom. The lowest BCUT2D eigenvalue weighted by atomic mass is 10.4. The molecule has 84 valence electrons. The number of sulfone groups is 2. The Kier molecular flexibility index (Phi) is 3.18. The zero-order chi connectivity index (χ0) is 11.9. The van der Waals surface area contributed by atoms with Crippen LogP contribution in [0.3, 0.4) is 0 Å². The summed E-state index contributed by atoms with van der Waals surface area (Å²) in [5, 5.41) is 0. The van der Waals surface area contributed by atoms with Crippen molar-refractivity contribution in [3.63, 3.8) is 0 Å².